The van der Waals surface area contributed by atoms with Gasteiger partial charge in [0.2, 0.25) is 11.7 Å². The van der Waals surface area contributed by atoms with E-state index in [-0.39, 0.29) is 0 Å². The van der Waals surface area contributed by atoms with Gasteiger partial charge in [-0.3, -0.25) is 0 Å². The molecule has 1 N–H and O–H groups in total. The Morgan fingerprint density at radius 1 is 1.04 bits per heavy atom. The van der Waals surface area contributed by atoms with Gasteiger partial charge in [-0.05, 0) is 48.5 Å². The number of aromatic nitrogens is 2. The lowest BCUT2D eigenvalue weighted by atomic mass is 9.92. The first-order valence-electron chi connectivity index (χ1n) is 8.38. The van der Waals surface area contributed by atoms with Crippen LogP contribution in [0, 0.1) is 5.41 Å². The molecule has 2 aliphatic rings. The predicted octanol–water partition coefficient (Wildman–Crippen LogP) is 3.75. The lowest BCUT2D eigenvalue weighted by Crippen LogP contribution is -2.29. The highest BCUT2D eigenvalue weighted by Gasteiger charge is 2.57. The number of nitrogens with one attached hydrogen (secondary N) is 1. The molecule has 4 heteroatoms. The standard InChI is InChI=1S/C19H19N3O/c1-2-6-14-13(4-1)5-3-7-15(14)17-21-18(23-22-17)16-12-19(16)8-10-20-11-9-19/h1-7,16,20H,8-12H2. The molecule has 0 radical (unpaired) electrons. The number of piperidine rings is 1. The fraction of sp³-hybridized carbons (Fsp3) is 0.368. The predicted molar refractivity (Wildman–Crippen MR) is 89.1 cm³/mol. The maximum atomic E-state index is 5.64. The molecule has 5 rings (SSSR count). The minimum atomic E-state index is 0.424. The smallest absolute Gasteiger partial charge is 0.230 e. The molecule has 4 nitrogen and oxygen atoms in total. The van der Waals surface area contributed by atoms with E-state index in [9.17, 15) is 0 Å². The summed E-state index contributed by atoms with van der Waals surface area (Å²) in [6, 6.07) is 14.6. The van der Waals surface area contributed by atoms with Crippen LogP contribution >= 0.6 is 0 Å². The summed E-state index contributed by atoms with van der Waals surface area (Å²) in [6.45, 7) is 2.22. The summed E-state index contributed by atoms with van der Waals surface area (Å²) in [4.78, 5) is 4.74. The second-order valence-electron chi connectivity index (χ2n) is 6.85. The fourth-order valence-electron chi connectivity index (χ4n) is 4.08. The number of hydrogen-bond donors (Lipinski definition) is 1. The summed E-state index contributed by atoms with van der Waals surface area (Å²) in [7, 11) is 0. The van der Waals surface area contributed by atoms with Crippen LogP contribution < -0.4 is 5.32 Å². The molecule has 3 aromatic rings. The van der Waals surface area contributed by atoms with Crippen LogP contribution in [0.2, 0.25) is 0 Å². The zero-order chi connectivity index (χ0) is 15.3. The largest absolute Gasteiger partial charge is 0.339 e. The Hall–Kier alpha value is -2.20. The summed E-state index contributed by atoms with van der Waals surface area (Å²) in [5.74, 6) is 2.00. The van der Waals surface area contributed by atoms with Crippen molar-refractivity contribution in [1.29, 1.82) is 0 Å². The molecule has 1 aliphatic heterocycles. The molecule has 2 aromatic carbocycles. The molecule has 0 amide bonds. The number of benzene rings is 2. The highest BCUT2D eigenvalue weighted by Crippen LogP contribution is 2.63. The lowest BCUT2D eigenvalue weighted by molar-refractivity contribution is 0.311. The quantitative estimate of drug-likeness (QED) is 0.783. The first-order valence-corrected chi connectivity index (χ1v) is 8.38. The van der Waals surface area contributed by atoms with Crippen molar-refractivity contribution in [2.45, 2.75) is 25.2 Å². The van der Waals surface area contributed by atoms with Gasteiger partial charge in [-0.1, -0.05) is 47.6 Å². The third-order valence-electron chi connectivity index (χ3n) is 5.56. The molecule has 1 saturated heterocycles. The van der Waals surface area contributed by atoms with E-state index < -0.39 is 0 Å². The van der Waals surface area contributed by atoms with Gasteiger partial charge < -0.3 is 9.84 Å². The van der Waals surface area contributed by atoms with Gasteiger partial charge in [0.05, 0.1) is 0 Å². The number of hydrogen-bond acceptors (Lipinski definition) is 4. The van der Waals surface area contributed by atoms with E-state index in [4.69, 9.17) is 9.51 Å². The average Bonchev–Trinajstić information content (AvgIpc) is 3.08. The van der Waals surface area contributed by atoms with Gasteiger partial charge in [-0.15, -0.1) is 0 Å². The van der Waals surface area contributed by atoms with E-state index >= 15 is 0 Å². The van der Waals surface area contributed by atoms with Crippen LogP contribution in [-0.2, 0) is 0 Å². The van der Waals surface area contributed by atoms with Crippen molar-refractivity contribution in [3.05, 3.63) is 48.4 Å². The van der Waals surface area contributed by atoms with E-state index in [1.165, 1.54) is 30.0 Å². The minimum Gasteiger partial charge on any atom is -0.339 e. The topological polar surface area (TPSA) is 51.0 Å². The highest BCUT2D eigenvalue weighted by atomic mass is 16.5. The van der Waals surface area contributed by atoms with Crippen LogP contribution in [0.5, 0.6) is 0 Å². The number of nitrogens with zero attached hydrogens (tertiary/aromatic N) is 2. The highest BCUT2D eigenvalue weighted by molar-refractivity contribution is 5.94. The van der Waals surface area contributed by atoms with Gasteiger partial charge in [0.25, 0.3) is 0 Å². The van der Waals surface area contributed by atoms with E-state index in [0.717, 1.165) is 24.5 Å². The number of rotatable bonds is 2. The summed E-state index contributed by atoms with van der Waals surface area (Å²) in [5.41, 5.74) is 1.48. The third-order valence-corrected chi connectivity index (χ3v) is 5.56. The summed E-state index contributed by atoms with van der Waals surface area (Å²) < 4.78 is 5.64. The van der Waals surface area contributed by atoms with Crippen molar-refractivity contribution in [2.75, 3.05) is 13.1 Å². The second-order valence-corrected chi connectivity index (χ2v) is 6.85. The molecule has 1 atom stereocenters. The van der Waals surface area contributed by atoms with Crippen molar-refractivity contribution in [3.63, 3.8) is 0 Å². The Labute approximate surface area is 134 Å². The normalized spacial score (nSPS) is 22.5. The zero-order valence-electron chi connectivity index (χ0n) is 13.0. The molecular weight excluding hydrogens is 286 g/mol. The van der Waals surface area contributed by atoms with E-state index in [1.54, 1.807) is 0 Å². The summed E-state index contributed by atoms with van der Waals surface area (Å²) in [6.07, 6.45) is 3.65. The Morgan fingerprint density at radius 2 is 1.87 bits per heavy atom. The van der Waals surface area contributed by atoms with Gasteiger partial charge in [0.1, 0.15) is 0 Å². The van der Waals surface area contributed by atoms with Crippen molar-refractivity contribution < 1.29 is 4.52 Å². The minimum absolute atomic E-state index is 0.424. The summed E-state index contributed by atoms with van der Waals surface area (Å²) in [5, 5.41) is 10.1. The third kappa shape index (κ3) is 2.09. The van der Waals surface area contributed by atoms with Crippen molar-refractivity contribution in [1.82, 2.24) is 15.5 Å². The maximum absolute atomic E-state index is 5.64. The van der Waals surface area contributed by atoms with E-state index in [1.807, 2.05) is 0 Å². The van der Waals surface area contributed by atoms with Gasteiger partial charge in [-0.2, -0.15) is 4.98 Å². The van der Waals surface area contributed by atoms with Crippen molar-refractivity contribution >= 4 is 10.8 Å². The van der Waals surface area contributed by atoms with Gasteiger partial charge in [0.15, 0.2) is 0 Å². The fourth-order valence-corrected chi connectivity index (χ4v) is 4.08. The van der Waals surface area contributed by atoms with Crippen LogP contribution in [0.25, 0.3) is 22.2 Å². The Bertz CT molecular complexity index is 858. The Kier molecular flexibility index (Phi) is 2.82. The molecule has 2 heterocycles. The van der Waals surface area contributed by atoms with Crippen LogP contribution in [0.15, 0.2) is 47.0 Å². The lowest BCUT2D eigenvalue weighted by Gasteiger charge is -2.22. The maximum Gasteiger partial charge on any atom is 0.230 e. The van der Waals surface area contributed by atoms with Crippen LogP contribution in [0.3, 0.4) is 0 Å². The van der Waals surface area contributed by atoms with Gasteiger partial charge >= 0.3 is 0 Å². The van der Waals surface area contributed by atoms with E-state index in [0.29, 0.717) is 17.2 Å². The first-order chi connectivity index (χ1) is 11.4. The van der Waals surface area contributed by atoms with E-state index in [2.05, 4.69) is 52.9 Å². The Balaban J connectivity index is 1.50. The van der Waals surface area contributed by atoms with Crippen LogP contribution in [-0.4, -0.2) is 23.2 Å². The molecular formula is C19H19N3O. The molecule has 2 fully saturated rings. The molecule has 0 bridgehead atoms. The van der Waals surface area contributed by atoms with Crippen LogP contribution in [0.1, 0.15) is 31.1 Å². The zero-order valence-corrected chi connectivity index (χ0v) is 13.0. The molecule has 1 saturated carbocycles. The SMILES string of the molecule is c1ccc2c(-c3noc(C4CC45CCNCC5)n3)cccc2c1. The molecule has 1 spiro atoms. The molecule has 116 valence electrons. The molecule has 1 aliphatic carbocycles. The first kappa shape index (κ1) is 13.3. The van der Waals surface area contributed by atoms with Crippen molar-refractivity contribution in [3.8, 4) is 11.4 Å². The van der Waals surface area contributed by atoms with Gasteiger partial charge in [-0.25, -0.2) is 0 Å². The second kappa shape index (κ2) is 4.90. The average molecular weight is 305 g/mol. The van der Waals surface area contributed by atoms with Crippen LogP contribution in [0.4, 0.5) is 0 Å². The Morgan fingerprint density at radius 3 is 2.78 bits per heavy atom. The summed E-state index contributed by atoms with van der Waals surface area (Å²) >= 11 is 0. The molecule has 23 heavy (non-hydrogen) atoms. The monoisotopic (exact) mass is 305 g/mol. The molecule has 1 aromatic heterocycles. The molecule has 1 unspecified atom stereocenters. The number of fused-ring (bicyclic) bond motifs is 1. The van der Waals surface area contributed by atoms with Gasteiger partial charge in [0, 0.05) is 11.5 Å². The van der Waals surface area contributed by atoms with Crippen molar-refractivity contribution in [2.24, 2.45) is 5.41 Å².